The molecule has 0 saturated heterocycles. The number of aryl methyl sites for hydroxylation is 1. The van der Waals surface area contributed by atoms with Crippen LogP contribution in [0.4, 0.5) is 5.82 Å². The Kier molecular flexibility index (Phi) is 4.93. The smallest absolute Gasteiger partial charge is 0.137 e. The van der Waals surface area contributed by atoms with Crippen LogP contribution >= 0.6 is 11.6 Å². The number of methoxy groups -OCH3 is 1. The summed E-state index contributed by atoms with van der Waals surface area (Å²) in [6.07, 6.45) is 0. The average molecular weight is 292 g/mol. The van der Waals surface area contributed by atoms with Crippen LogP contribution in [0.25, 0.3) is 0 Å². The number of benzene rings is 1. The number of anilines is 1. The van der Waals surface area contributed by atoms with Crippen LogP contribution in [0.15, 0.2) is 24.3 Å². The van der Waals surface area contributed by atoms with E-state index in [0.717, 1.165) is 16.9 Å². The topological polar surface area (TPSA) is 47.0 Å². The lowest BCUT2D eigenvalue weighted by Crippen LogP contribution is -2.08. The van der Waals surface area contributed by atoms with E-state index in [9.17, 15) is 0 Å². The second-order valence-electron chi connectivity index (χ2n) is 4.59. The first kappa shape index (κ1) is 14.8. The first-order chi connectivity index (χ1) is 9.61. The number of nitrogens with zero attached hydrogens (tertiary/aromatic N) is 2. The normalized spacial score (nSPS) is 10.6. The molecule has 0 spiro atoms. The maximum atomic E-state index is 6.07. The van der Waals surface area contributed by atoms with E-state index in [2.05, 4.69) is 27.4 Å². The summed E-state index contributed by atoms with van der Waals surface area (Å²) < 4.78 is 5.21. The van der Waals surface area contributed by atoms with Crippen LogP contribution in [0.3, 0.4) is 0 Å². The zero-order chi connectivity index (χ0) is 14.5. The summed E-state index contributed by atoms with van der Waals surface area (Å²) in [6.45, 7) is 5.01. The zero-order valence-electron chi connectivity index (χ0n) is 11.9. The Morgan fingerprint density at radius 2 is 1.85 bits per heavy atom. The van der Waals surface area contributed by atoms with Crippen molar-refractivity contribution in [3.63, 3.8) is 0 Å². The molecule has 0 aliphatic heterocycles. The minimum atomic E-state index is 0.491. The lowest BCUT2D eigenvalue weighted by atomic mass is 10.1. The molecular weight excluding hydrogens is 274 g/mol. The first-order valence-corrected chi connectivity index (χ1v) is 6.80. The number of hydrogen-bond donors (Lipinski definition) is 1. The minimum absolute atomic E-state index is 0.491. The molecule has 0 aliphatic rings. The predicted molar refractivity (Wildman–Crippen MR) is 81.0 cm³/mol. The van der Waals surface area contributed by atoms with E-state index in [-0.39, 0.29) is 0 Å². The van der Waals surface area contributed by atoms with Crippen molar-refractivity contribution in [2.45, 2.75) is 27.0 Å². The Labute approximate surface area is 124 Å². The molecule has 0 bridgehead atoms. The van der Waals surface area contributed by atoms with Crippen LogP contribution in [0, 0.1) is 13.8 Å². The third-order valence-electron chi connectivity index (χ3n) is 3.06. The molecule has 5 heteroatoms. The molecule has 106 valence electrons. The van der Waals surface area contributed by atoms with E-state index in [1.807, 2.05) is 26.0 Å². The molecule has 1 aromatic carbocycles. The Morgan fingerprint density at radius 1 is 1.15 bits per heavy atom. The van der Waals surface area contributed by atoms with E-state index in [1.165, 1.54) is 5.56 Å². The first-order valence-electron chi connectivity index (χ1n) is 6.42. The third kappa shape index (κ3) is 3.46. The summed E-state index contributed by atoms with van der Waals surface area (Å²) in [4.78, 5) is 8.52. The van der Waals surface area contributed by atoms with Crippen molar-refractivity contribution in [3.8, 4) is 0 Å². The van der Waals surface area contributed by atoms with Gasteiger partial charge >= 0.3 is 0 Å². The molecule has 0 amide bonds. The van der Waals surface area contributed by atoms with Gasteiger partial charge in [0.05, 0.1) is 6.61 Å². The van der Waals surface area contributed by atoms with Gasteiger partial charge in [-0.2, -0.15) is 0 Å². The highest BCUT2D eigenvalue weighted by molar-refractivity contribution is 6.30. The van der Waals surface area contributed by atoms with Crippen molar-refractivity contribution in [1.82, 2.24) is 9.97 Å². The SMILES string of the molecule is COCc1ccccc1CNc1nc(C)nc(Cl)c1C. The molecule has 0 fully saturated rings. The van der Waals surface area contributed by atoms with E-state index >= 15 is 0 Å². The highest BCUT2D eigenvalue weighted by Gasteiger charge is 2.08. The molecule has 0 saturated carbocycles. The molecule has 0 unspecified atom stereocenters. The number of aromatic nitrogens is 2. The molecule has 1 aromatic heterocycles. The number of ether oxygens (including phenoxy) is 1. The summed E-state index contributed by atoms with van der Waals surface area (Å²) in [5.74, 6) is 1.43. The molecule has 0 atom stereocenters. The lowest BCUT2D eigenvalue weighted by Gasteiger charge is -2.13. The average Bonchev–Trinajstić information content (AvgIpc) is 2.43. The summed E-state index contributed by atoms with van der Waals surface area (Å²) in [6, 6.07) is 8.16. The predicted octanol–water partition coefficient (Wildman–Crippen LogP) is 3.51. The fraction of sp³-hybridized carbons (Fsp3) is 0.333. The van der Waals surface area contributed by atoms with Crippen LogP contribution in [-0.4, -0.2) is 17.1 Å². The second-order valence-corrected chi connectivity index (χ2v) is 4.95. The summed E-state index contributed by atoms with van der Waals surface area (Å²) in [5.41, 5.74) is 3.21. The van der Waals surface area contributed by atoms with Crippen molar-refractivity contribution in [2.24, 2.45) is 0 Å². The third-order valence-corrected chi connectivity index (χ3v) is 3.43. The monoisotopic (exact) mass is 291 g/mol. The summed E-state index contributed by atoms with van der Waals surface area (Å²) in [7, 11) is 1.70. The lowest BCUT2D eigenvalue weighted by molar-refractivity contribution is 0.184. The Bertz CT molecular complexity index is 602. The van der Waals surface area contributed by atoms with Gasteiger partial charge in [-0.3, -0.25) is 0 Å². The van der Waals surface area contributed by atoms with Gasteiger partial charge in [0.15, 0.2) is 0 Å². The maximum absolute atomic E-state index is 6.07. The summed E-state index contributed by atoms with van der Waals surface area (Å²) >= 11 is 6.07. The van der Waals surface area contributed by atoms with Gasteiger partial charge in [0, 0.05) is 19.2 Å². The van der Waals surface area contributed by atoms with Crippen LogP contribution < -0.4 is 5.32 Å². The van der Waals surface area contributed by atoms with Gasteiger partial charge in [0.1, 0.15) is 16.8 Å². The number of hydrogen-bond acceptors (Lipinski definition) is 4. The highest BCUT2D eigenvalue weighted by atomic mass is 35.5. The van der Waals surface area contributed by atoms with Crippen LogP contribution in [-0.2, 0) is 17.9 Å². The van der Waals surface area contributed by atoms with Crippen LogP contribution in [0.5, 0.6) is 0 Å². The maximum Gasteiger partial charge on any atom is 0.137 e. The minimum Gasteiger partial charge on any atom is -0.380 e. The van der Waals surface area contributed by atoms with Gasteiger partial charge in [-0.1, -0.05) is 35.9 Å². The van der Waals surface area contributed by atoms with Gasteiger partial charge < -0.3 is 10.1 Å². The van der Waals surface area contributed by atoms with Gasteiger partial charge in [0.2, 0.25) is 0 Å². The zero-order valence-corrected chi connectivity index (χ0v) is 12.7. The van der Waals surface area contributed by atoms with Gasteiger partial charge in [-0.25, -0.2) is 9.97 Å². The Morgan fingerprint density at radius 3 is 2.55 bits per heavy atom. The molecule has 2 aromatic rings. The molecule has 1 N–H and O–H groups in total. The van der Waals surface area contributed by atoms with Crippen molar-refractivity contribution in [1.29, 1.82) is 0 Å². The molecule has 1 heterocycles. The standard InChI is InChI=1S/C15H18ClN3O/c1-10-14(16)18-11(2)19-15(10)17-8-12-6-4-5-7-13(12)9-20-3/h4-7H,8-9H2,1-3H3,(H,17,18,19). The second kappa shape index (κ2) is 6.68. The van der Waals surface area contributed by atoms with Gasteiger partial charge in [-0.05, 0) is 25.0 Å². The van der Waals surface area contributed by atoms with Gasteiger partial charge in [0.25, 0.3) is 0 Å². The highest BCUT2D eigenvalue weighted by Crippen LogP contribution is 2.20. The number of rotatable bonds is 5. The molecule has 4 nitrogen and oxygen atoms in total. The fourth-order valence-corrected chi connectivity index (χ4v) is 2.18. The molecule has 0 aliphatic carbocycles. The molecular formula is C15H18ClN3O. The number of nitrogens with one attached hydrogen (secondary N) is 1. The Balaban J connectivity index is 2.17. The van der Waals surface area contributed by atoms with Crippen LogP contribution in [0.2, 0.25) is 5.15 Å². The fourth-order valence-electron chi connectivity index (χ4n) is 1.97. The van der Waals surface area contributed by atoms with Crippen molar-refractivity contribution in [3.05, 3.63) is 51.9 Å². The largest absolute Gasteiger partial charge is 0.380 e. The Hall–Kier alpha value is -1.65. The van der Waals surface area contributed by atoms with Crippen molar-refractivity contribution in [2.75, 3.05) is 12.4 Å². The van der Waals surface area contributed by atoms with E-state index in [0.29, 0.717) is 24.1 Å². The van der Waals surface area contributed by atoms with Crippen LogP contribution in [0.1, 0.15) is 22.5 Å². The van der Waals surface area contributed by atoms with E-state index in [1.54, 1.807) is 7.11 Å². The van der Waals surface area contributed by atoms with Crippen molar-refractivity contribution < 1.29 is 4.74 Å². The van der Waals surface area contributed by atoms with Gasteiger partial charge in [-0.15, -0.1) is 0 Å². The molecule has 2 rings (SSSR count). The molecule has 20 heavy (non-hydrogen) atoms. The van der Waals surface area contributed by atoms with E-state index < -0.39 is 0 Å². The van der Waals surface area contributed by atoms with E-state index in [4.69, 9.17) is 16.3 Å². The quantitative estimate of drug-likeness (QED) is 0.857. The molecule has 0 radical (unpaired) electrons. The number of halogens is 1. The summed E-state index contributed by atoms with van der Waals surface area (Å²) in [5, 5.41) is 3.81. The van der Waals surface area contributed by atoms with Crippen molar-refractivity contribution >= 4 is 17.4 Å².